The Bertz CT molecular complexity index is 680. The molecule has 0 aliphatic carbocycles. The molecule has 9 heteroatoms. The lowest BCUT2D eigenvalue weighted by atomic mass is 10.0. The minimum Gasteiger partial charge on any atom is -0.324 e. The van der Waals surface area contributed by atoms with Gasteiger partial charge in [-0.25, -0.2) is 18.4 Å². The van der Waals surface area contributed by atoms with Gasteiger partial charge in [0.2, 0.25) is 10.0 Å². The molecule has 3 N–H and O–H groups in total. The fraction of sp³-hybridized carbons (Fsp3) is 0.500. The molecular formula is C14H20ClN3O3S2. The Kier molecular flexibility index (Phi) is 6.19. The maximum Gasteiger partial charge on any atom is 0.321 e. The predicted octanol–water partition coefficient (Wildman–Crippen LogP) is 2.59. The van der Waals surface area contributed by atoms with Gasteiger partial charge < -0.3 is 10.2 Å². The topological polar surface area (TPSA) is 92.5 Å². The Morgan fingerprint density at radius 3 is 2.91 bits per heavy atom. The minimum atomic E-state index is -3.85. The van der Waals surface area contributed by atoms with Crippen LogP contribution in [0.1, 0.15) is 12.8 Å². The van der Waals surface area contributed by atoms with Crippen LogP contribution in [-0.2, 0) is 10.0 Å². The summed E-state index contributed by atoms with van der Waals surface area (Å²) in [5.74, 6) is 1.50. The van der Waals surface area contributed by atoms with Crippen LogP contribution in [-0.4, -0.2) is 44.4 Å². The fourth-order valence-corrected chi connectivity index (χ4v) is 4.04. The van der Waals surface area contributed by atoms with E-state index in [0.717, 1.165) is 18.6 Å². The number of likely N-dealkylation sites (tertiary alicyclic amines) is 1. The van der Waals surface area contributed by atoms with Crippen molar-refractivity contribution in [2.24, 2.45) is 11.1 Å². The number of rotatable bonds is 4. The van der Waals surface area contributed by atoms with Gasteiger partial charge in [0.25, 0.3) is 0 Å². The molecule has 1 aliphatic heterocycles. The van der Waals surface area contributed by atoms with Gasteiger partial charge in [-0.05, 0) is 49.0 Å². The molecule has 1 aromatic rings. The lowest BCUT2D eigenvalue weighted by Crippen LogP contribution is -2.43. The molecule has 23 heavy (non-hydrogen) atoms. The molecule has 1 aromatic carbocycles. The van der Waals surface area contributed by atoms with Crippen molar-refractivity contribution in [3.05, 3.63) is 23.2 Å². The smallest absolute Gasteiger partial charge is 0.321 e. The highest BCUT2D eigenvalue weighted by Crippen LogP contribution is 2.26. The molecule has 0 saturated carbocycles. The number of carbonyl (C=O) groups is 1. The van der Waals surface area contributed by atoms with Gasteiger partial charge in [-0.15, -0.1) is 0 Å². The lowest BCUT2D eigenvalue weighted by Gasteiger charge is -2.32. The summed E-state index contributed by atoms with van der Waals surface area (Å²) < 4.78 is 22.8. The van der Waals surface area contributed by atoms with Crippen molar-refractivity contribution >= 4 is 45.1 Å². The second kappa shape index (κ2) is 7.74. The van der Waals surface area contributed by atoms with E-state index in [-0.39, 0.29) is 21.6 Å². The third kappa shape index (κ3) is 5.00. The summed E-state index contributed by atoms with van der Waals surface area (Å²) in [5, 5.41) is 8.05. The van der Waals surface area contributed by atoms with Crippen LogP contribution < -0.4 is 10.5 Å². The molecule has 2 rings (SSSR count). The minimum absolute atomic E-state index is 0.0869. The summed E-state index contributed by atoms with van der Waals surface area (Å²) in [5.41, 5.74) is 0.246. The van der Waals surface area contributed by atoms with Gasteiger partial charge in [0, 0.05) is 13.1 Å². The lowest BCUT2D eigenvalue weighted by molar-refractivity contribution is 0.183. The molecule has 2 amide bonds. The van der Waals surface area contributed by atoms with E-state index in [4.69, 9.17) is 16.7 Å². The number of amides is 2. The van der Waals surface area contributed by atoms with E-state index in [9.17, 15) is 13.2 Å². The third-order valence-corrected chi connectivity index (χ3v) is 5.76. The highest BCUT2D eigenvalue weighted by molar-refractivity contribution is 7.98. The molecular weight excluding hydrogens is 358 g/mol. The highest BCUT2D eigenvalue weighted by atomic mass is 35.5. The molecule has 1 aliphatic rings. The second-order valence-corrected chi connectivity index (χ2v) is 8.41. The zero-order chi connectivity index (χ0) is 17.0. The van der Waals surface area contributed by atoms with Crippen molar-refractivity contribution in [2.45, 2.75) is 17.7 Å². The van der Waals surface area contributed by atoms with Crippen LogP contribution in [0.2, 0.25) is 5.02 Å². The van der Waals surface area contributed by atoms with Crippen molar-refractivity contribution in [2.75, 3.05) is 30.4 Å². The van der Waals surface area contributed by atoms with E-state index in [1.54, 1.807) is 16.7 Å². The molecule has 6 nitrogen and oxygen atoms in total. The SMILES string of the molecule is CSC[C@@H]1CCCN(C(=O)Nc2cc(S(N)(=O)=O)ccc2Cl)C1. The van der Waals surface area contributed by atoms with E-state index in [1.165, 1.54) is 18.2 Å². The number of thioether (sulfide) groups is 1. The summed E-state index contributed by atoms with van der Waals surface area (Å²) in [6.45, 7) is 1.38. The zero-order valence-electron chi connectivity index (χ0n) is 12.8. The molecule has 1 fully saturated rings. The van der Waals surface area contributed by atoms with Gasteiger partial charge >= 0.3 is 6.03 Å². The molecule has 0 aromatic heterocycles. The maximum absolute atomic E-state index is 12.4. The fourth-order valence-electron chi connectivity index (χ4n) is 2.59. The van der Waals surface area contributed by atoms with Crippen molar-refractivity contribution in [1.82, 2.24) is 4.90 Å². The number of piperidine rings is 1. The van der Waals surface area contributed by atoms with E-state index in [1.807, 2.05) is 0 Å². The van der Waals surface area contributed by atoms with Gasteiger partial charge in [0.05, 0.1) is 15.6 Å². The quantitative estimate of drug-likeness (QED) is 0.843. The number of benzene rings is 1. The Balaban J connectivity index is 2.11. The average Bonchev–Trinajstić information content (AvgIpc) is 2.49. The molecule has 0 spiro atoms. The number of primary sulfonamides is 1. The molecule has 1 heterocycles. The van der Waals surface area contributed by atoms with Crippen LogP contribution in [0.3, 0.4) is 0 Å². The monoisotopic (exact) mass is 377 g/mol. The number of nitrogens with one attached hydrogen (secondary N) is 1. The number of anilines is 1. The molecule has 0 unspecified atom stereocenters. The number of hydrogen-bond acceptors (Lipinski definition) is 4. The van der Waals surface area contributed by atoms with Crippen LogP contribution in [0.15, 0.2) is 23.1 Å². The Hall–Kier alpha value is -0.960. The Morgan fingerprint density at radius 1 is 1.52 bits per heavy atom. The van der Waals surface area contributed by atoms with Crippen molar-refractivity contribution in [3.63, 3.8) is 0 Å². The van der Waals surface area contributed by atoms with Crippen LogP contribution in [0, 0.1) is 5.92 Å². The predicted molar refractivity (Wildman–Crippen MR) is 94.5 cm³/mol. The van der Waals surface area contributed by atoms with Gasteiger partial charge in [-0.3, -0.25) is 0 Å². The van der Waals surface area contributed by atoms with Gasteiger partial charge in [-0.1, -0.05) is 11.6 Å². The van der Waals surface area contributed by atoms with E-state index < -0.39 is 10.0 Å². The number of nitrogens with two attached hydrogens (primary N) is 1. The Morgan fingerprint density at radius 2 is 2.26 bits per heavy atom. The number of nitrogens with zero attached hydrogens (tertiary/aromatic N) is 1. The number of urea groups is 1. The standard InChI is InChI=1S/C14H20ClN3O3S2/c1-22-9-10-3-2-6-18(8-10)14(19)17-13-7-11(23(16,20)21)4-5-12(13)15/h4-5,7,10H,2-3,6,8-9H2,1H3,(H,17,19)(H2,16,20,21)/t10-/m1/s1. The summed E-state index contributed by atoms with van der Waals surface area (Å²) >= 11 is 7.81. The third-order valence-electron chi connectivity index (χ3n) is 3.72. The summed E-state index contributed by atoms with van der Waals surface area (Å²) in [4.78, 5) is 14.1. The first kappa shape index (κ1) is 18.4. The summed E-state index contributed by atoms with van der Waals surface area (Å²) in [6.07, 6.45) is 4.13. The van der Waals surface area contributed by atoms with Crippen LogP contribution >= 0.6 is 23.4 Å². The number of hydrogen-bond donors (Lipinski definition) is 2. The molecule has 128 valence electrons. The van der Waals surface area contributed by atoms with Gasteiger partial charge in [0.15, 0.2) is 0 Å². The summed E-state index contributed by atoms with van der Waals surface area (Å²) in [6, 6.07) is 3.72. The molecule has 0 bridgehead atoms. The van der Waals surface area contributed by atoms with E-state index in [2.05, 4.69) is 11.6 Å². The van der Waals surface area contributed by atoms with Gasteiger partial charge in [0.1, 0.15) is 0 Å². The van der Waals surface area contributed by atoms with Crippen LogP contribution in [0.25, 0.3) is 0 Å². The molecule has 1 saturated heterocycles. The van der Waals surface area contributed by atoms with E-state index >= 15 is 0 Å². The largest absolute Gasteiger partial charge is 0.324 e. The molecule has 0 radical (unpaired) electrons. The number of carbonyl (C=O) groups excluding carboxylic acids is 1. The number of sulfonamides is 1. The normalized spacial score (nSPS) is 18.7. The maximum atomic E-state index is 12.4. The first-order valence-corrected chi connectivity index (χ1v) is 10.5. The Labute approximate surface area is 145 Å². The van der Waals surface area contributed by atoms with Crippen molar-refractivity contribution in [3.8, 4) is 0 Å². The van der Waals surface area contributed by atoms with E-state index in [0.29, 0.717) is 19.0 Å². The van der Waals surface area contributed by atoms with Gasteiger partial charge in [-0.2, -0.15) is 11.8 Å². The second-order valence-electron chi connectivity index (χ2n) is 5.53. The summed E-state index contributed by atoms with van der Waals surface area (Å²) in [7, 11) is -3.85. The zero-order valence-corrected chi connectivity index (χ0v) is 15.2. The average molecular weight is 378 g/mol. The number of halogens is 1. The first-order valence-electron chi connectivity index (χ1n) is 7.18. The van der Waals surface area contributed by atoms with Crippen molar-refractivity contribution < 1.29 is 13.2 Å². The first-order chi connectivity index (χ1) is 10.8. The van der Waals surface area contributed by atoms with Crippen LogP contribution in [0.4, 0.5) is 10.5 Å². The highest BCUT2D eigenvalue weighted by Gasteiger charge is 2.24. The molecule has 1 atom stereocenters. The van der Waals surface area contributed by atoms with Crippen molar-refractivity contribution in [1.29, 1.82) is 0 Å². The van der Waals surface area contributed by atoms with Crippen LogP contribution in [0.5, 0.6) is 0 Å².